The van der Waals surface area contributed by atoms with Gasteiger partial charge in [-0.2, -0.15) is 0 Å². The number of benzene rings is 3. The number of nitrogens with zero attached hydrogens (tertiary/aromatic N) is 1. The summed E-state index contributed by atoms with van der Waals surface area (Å²) in [5.74, 6) is -0.338. The lowest BCUT2D eigenvalue weighted by Gasteiger charge is -2.28. The number of hydrogen-bond acceptors (Lipinski definition) is 4. The molecular formula is C23H21N3O2S. The Kier molecular flexibility index (Phi) is 5.81. The molecule has 1 aliphatic rings. The summed E-state index contributed by atoms with van der Waals surface area (Å²) in [5.41, 5.74) is 5.74. The summed E-state index contributed by atoms with van der Waals surface area (Å²) in [6.45, 7) is 0.531. The van der Waals surface area contributed by atoms with Gasteiger partial charge in [-0.3, -0.25) is 20.0 Å². The SMILES string of the molecule is O=C(CC1Sc2ccccc2NC1=O)NN(Cc1ccccc1)c1ccccc1. The van der Waals surface area contributed by atoms with E-state index in [4.69, 9.17) is 0 Å². The molecule has 4 rings (SSSR count). The monoisotopic (exact) mass is 403 g/mol. The molecule has 3 aromatic rings. The molecule has 0 aromatic heterocycles. The smallest absolute Gasteiger partial charge is 0.240 e. The fourth-order valence-corrected chi connectivity index (χ4v) is 4.27. The Morgan fingerprint density at radius 1 is 0.931 bits per heavy atom. The van der Waals surface area contributed by atoms with E-state index in [1.807, 2.05) is 89.9 Å². The van der Waals surface area contributed by atoms with Crippen LogP contribution in [0.4, 0.5) is 11.4 Å². The third-order valence-electron chi connectivity index (χ3n) is 4.59. The molecule has 6 heteroatoms. The van der Waals surface area contributed by atoms with Gasteiger partial charge in [-0.05, 0) is 29.8 Å². The molecule has 2 N–H and O–H groups in total. The number of rotatable bonds is 6. The molecule has 2 amide bonds. The van der Waals surface area contributed by atoms with Crippen LogP contribution in [0.3, 0.4) is 0 Å². The van der Waals surface area contributed by atoms with Crippen molar-refractivity contribution < 1.29 is 9.59 Å². The van der Waals surface area contributed by atoms with Crippen LogP contribution in [-0.2, 0) is 16.1 Å². The van der Waals surface area contributed by atoms with Crippen molar-refractivity contribution in [2.24, 2.45) is 0 Å². The number of para-hydroxylation sites is 2. The van der Waals surface area contributed by atoms with Crippen molar-refractivity contribution in [2.75, 3.05) is 10.3 Å². The second-order valence-electron chi connectivity index (χ2n) is 6.74. The molecule has 0 spiro atoms. The second-order valence-corrected chi connectivity index (χ2v) is 7.98. The lowest BCUT2D eigenvalue weighted by molar-refractivity contribution is -0.124. The number of fused-ring (bicyclic) bond motifs is 1. The zero-order valence-corrected chi connectivity index (χ0v) is 16.6. The highest BCUT2D eigenvalue weighted by molar-refractivity contribution is 8.01. The lowest BCUT2D eigenvalue weighted by Crippen LogP contribution is -2.44. The Morgan fingerprint density at radius 2 is 1.59 bits per heavy atom. The maximum Gasteiger partial charge on any atom is 0.240 e. The van der Waals surface area contributed by atoms with E-state index in [1.165, 1.54) is 11.8 Å². The molecule has 5 nitrogen and oxygen atoms in total. The van der Waals surface area contributed by atoms with Crippen molar-refractivity contribution >= 4 is 35.0 Å². The molecule has 0 bridgehead atoms. The standard InChI is InChI=1S/C23H21N3O2S/c27-22(15-21-23(28)24-19-13-7-8-14-20(19)29-21)25-26(18-11-5-2-6-12-18)16-17-9-3-1-4-10-17/h1-14,21H,15-16H2,(H,24,28)(H,25,27). The minimum atomic E-state index is -0.459. The maximum absolute atomic E-state index is 12.8. The fourth-order valence-electron chi connectivity index (χ4n) is 3.16. The van der Waals surface area contributed by atoms with Crippen molar-refractivity contribution in [3.05, 3.63) is 90.5 Å². The molecule has 0 saturated heterocycles. The van der Waals surface area contributed by atoms with Gasteiger partial charge < -0.3 is 5.32 Å². The van der Waals surface area contributed by atoms with E-state index in [9.17, 15) is 9.59 Å². The zero-order chi connectivity index (χ0) is 20.1. The quantitative estimate of drug-likeness (QED) is 0.605. The van der Waals surface area contributed by atoms with Gasteiger partial charge in [-0.15, -0.1) is 11.8 Å². The molecule has 29 heavy (non-hydrogen) atoms. The molecular weight excluding hydrogens is 382 g/mol. The second kappa shape index (κ2) is 8.84. The van der Waals surface area contributed by atoms with Crippen molar-refractivity contribution in [3.63, 3.8) is 0 Å². The average Bonchev–Trinajstić information content (AvgIpc) is 2.75. The summed E-state index contributed by atoms with van der Waals surface area (Å²) in [6.07, 6.45) is 0.100. The highest BCUT2D eigenvalue weighted by atomic mass is 32.2. The van der Waals surface area contributed by atoms with Crippen LogP contribution < -0.4 is 15.8 Å². The topological polar surface area (TPSA) is 61.4 Å². The van der Waals surface area contributed by atoms with Gasteiger partial charge >= 0.3 is 0 Å². The van der Waals surface area contributed by atoms with E-state index in [1.54, 1.807) is 0 Å². The van der Waals surface area contributed by atoms with Gasteiger partial charge in [0.1, 0.15) is 0 Å². The van der Waals surface area contributed by atoms with Gasteiger partial charge in [0.05, 0.1) is 23.2 Å². The van der Waals surface area contributed by atoms with E-state index in [0.717, 1.165) is 21.8 Å². The van der Waals surface area contributed by atoms with Crippen molar-refractivity contribution in [3.8, 4) is 0 Å². The van der Waals surface area contributed by atoms with Crippen LogP contribution in [0.5, 0.6) is 0 Å². The number of hydrazine groups is 1. The van der Waals surface area contributed by atoms with Gasteiger partial charge in [0.2, 0.25) is 11.8 Å². The number of anilines is 2. The first-order valence-corrected chi connectivity index (χ1v) is 10.3. The summed E-state index contributed by atoms with van der Waals surface area (Å²) in [6, 6.07) is 27.3. The van der Waals surface area contributed by atoms with E-state index >= 15 is 0 Å². The first-order valence-electron chi connectivity index (χ1n) is 9.41. The summed E-state index contributed by atoms with van der Waals surface area (Å²) < 4.78 is 0. The van der Waals surface area contributed by atoms with Crippen molar-refractivity contribution in [2.45, 2.75) is 23.1 Å². The minimum Gasteiger partial charge on any atom is -0.324 e. The Labute approximate surface area is 174 Å². The van der Waals surface area contributed by atoms with Crippen molar-refractivity contribution in [1.29, 1.82) is 0 Å². The minimum absolute atomic E-state index is 0.100. The van der Waals surface area contributed by atoms with Crippen molar-refractivity contribution in [1.82, 2.24) is 5.43 Å². The van der Waals surface area contributed by atoms with Crippen LogP contribution in [0, 0.1) is 0 Å². The van der Waals surface area contributed by atoms with Gasteiger partial charge in [0, 0.05) is 11.3 Å². The molecule has 1 unspecified atom stereocenters. The molecule has 1 heterocycles. The molecule has 0 radical (unpaired) electrons. The first-order chi connectivity index (χ1) is 14.2. The molecule has 1 atom stereocenters. The number of carbonyl (C=O) groups excluding carboxylic acids is 2. The third-order valence-corrected chi connectivity index (χ3v) is 5.86. The predicted octanol–water partition coefficient (Wildman–Crippen LogP) is 4.23. The summed E-state index contributed by atoms with van der Waals surface area (Å²) in [7, 11) is 0. The first kappa shape index (κ1) is 19.1. The summed E-state index contributed by atoms with van der Waals surface area (Å²) in [4.78, 5) is 26.2. The van der Waals surface area contributed by atoms with Crippen LogP contribution in [0.2, 0.25) is 0 Å². The largest absolute Gasteiger partial charge is 0.324 e. The van der Waals surface area contributed by atoms with Crippen LogP contribution in [-0.4, -0.2) is 17.1 Å². The van der Waals surface area contributed by atoms with Gasteiger partial charge in [0.15, 0.2) is 0 Å². The van der Waals surface area contributed by atoms with Crippen LogP contribution in [0.1, 0.15) is 12.0 Å². The Bertz CT molecular complexity index is 995. The van der Waals surface area contributed by atoms with Crippen LogP contribution in [0.15, 0.2) is 89.8 Å². The third kappa shape index (κ3) is 4.78. The predicted molar refractivity (Wildman–Crippen MR) is 117 cm³/mol. The number of hydrogen-bond donors (Lipinski definition) is 2. The highest BCUT2D eigenvalue weighted by Crippen LogP contribution is 2.36. The number of thioether (sulfide) groups is 1. The van der Waals surface area contributed by atoms with Gasteiger partial charge in [-0.1, -0.05) is 60.7 Å². The Hall–Kier alpha value is -3.25. The molecule has 1 aliphatic heterocycles. The molecule has 0 aliphatic carbocycles. The summed E-state index contributed by atoms with van der Waals surface area (Å²) >= 11 is 1.43. The van der Waals surface area contributed by atoms with Gasteiger partial charge in [-0.25, -0.2) is 0 Å². The average molecular weight is 404 g/mol. The van der Waals surface area contributed by atoms with Crippen LogP contribution >= 0.6 is 11.8 Å². The molecule has 0 fully saturated rings. The molecule has 0 saturated carbocycles. The normalized spacial score (nSPS) is 15.2. The van der Waals surface area contributed by atoms with E-state index in [0.29, 0.717) is 6.54 Å². The lowest BCUT2D eigenvalue weighted by atomic mass is 10.2. The number of carbonyl (C=O) groups is 2. The Morgan fingerprint density at radius 3 is 2.34 bits per heavy atom. The van der Waals surface area contributed by atoms with E-state index < -0.39 is 5.25 Å². The van der Waals surface area contributed by atoms with E-state index in [2.05, 4.69) is 10.7 Å². The Balaban J connectivity index is 1.46. The number of amides is 2. The fraction of sp³-hybridized carbons (Fsp3) is 0.130. The highest BCUT2D eigenvalue weighted by Gasteiger charge is 2.29. The number of nitrogens with one attached hydrogen (secondary N) is 2. The van der Waals surface area contributed by atoms with E-state index in [-0.39, 0.29) is 18.2 Å². The molecule has 3 aromatic carbocycles. The van der Waals surface area contributed by atoms with Crippen LogP contribution in [0.25, 0.3) is 0 Å². The molecule has 146 valence electrons. The zero-order valence-electron chi connectivity index (χ0n) is 15.7. The maximum atomic E-state index is 12.8. The van der Waals surface area contributed by atoms with Gasteiger partial charge in [0.25, 0.3) is 0 Å². The summed E-state index contributed by atoms with van der Waals surface area (Å²) in [5, 5.41) is 4.24.